The number of hydrogen-bond donors (Lipinski definition) is 1. The lowest BCUT2D eigenvalue weighted by molar-refractivity contribution is 0.0948. The first kappa shape index (κ1) is 15.4. The minimum Gasteiger partial charge on any atom is -0.494 e. The molecule has 0 saturated heterocycles. The molecule has 1 aromatic rings. The van der Waals surface area contributed by atoms with Gasteiger partial charge in [0.2, 0.25) is 0 Å². The highest BCUT2D eigenvalue weighted by atomic mass is 19.1. The third-order valence-corrected chi connectivity index (χ3v) is 3.02. The molecule has 1 amide bonds. The minimum atomic E-state index is -0.529. The molecule has 4 nitrogen and oxygen atoms in total. The van der Waals surface area contributed by atoms with Gasteiger partial charge in [-0.25, -0.2) is 4.39 Å². The van der Waals surface area contributed by atoms with Crippen molar-refractivity contribution in [1.29, 1.82) is 0 Å². The number of halogens is 1. The Kier molecular flexibility index (Phi) is 6.29. The molecule has 0 saturated carbocycles. The van der Waals surface area contributed by atoms with E-state index in [1.807, 2.05) is 0 Å². The van der Waals surface area contributed by atoms with Crippen LogP contribution in [0.3, 0.4) is 0 Å². The molecule has 0 radical (unpaired) electrons. The normalized spacial score (nSPS) is 10.6. The summed E-state index contributed by atoms with van der Waals surface area (Å²) in [6.07, 6.45) is 0. The Morgan fingerprint density at radius 2 is 2.05 bits per heavy atom. The highest BCUT2D eigenvalue weighted by molar-refractivity contribution is 5.94. The number of methoxy groups -OCH3 is 1. The zero-order chi connectivity index (χ0) is 14.3. The molecule has 0 aliphatic heterocycles. The van der Waals surface area contributed by atoms with E-state index >= 15 is 0 Å². The third kappa shape index (κ3) is 4.52. The maximum Gasteiger partial charge on any atom is 0.251 e. The van der Waals surface area contributed by atoms with Crippen LogP contribution in [0.5, 0.6) is 5.75 Å². The van der Waals surface area contributed by atoms with E-state index in [9.17, 15) is 9.18 Å². The Balaban J connectivity index is 2.52. The van der Waals surface area contributed by atoms with Crippen LogP contribution in [0, 0.1) is 5.82 Å². The Hall–Kier alpha value is -1.62. The van der Waals surface area contributed by atoms with Crippen LogP contribution in [-0.2, 0) is 0 Å². The van der Waals surface area contributed by atoms with E-state index in [1.165, 1.54) is 19.2 Å². The van der Waals surface area contributed by atoms with Gasteiger partial charge in [-0.2, -0.15) is 0 Å². The van der Waals surface area contributed by atoms with Gasteiger partial charge >= 0.3 is 0 Å². The molecule has 0 bridgehead atoms. The number of amides is 1. The number of ether oxygens (including phenoxy) is 1. The molecule has 0 aromatic heterocycles. The molecule has 19 heavy (non-hydrogen) atoms. The van der Waals surface area contributed by atoms with Crippen molar-refractivity contribution >= 4 is 5.91 Å². The predicted molar refractivity (Wildman–Crippen MR) is 73.1 cm³/mol. The summed E-state index contributed by atoms with van der Waals surface area (Å²) in [5.41, 5.74) is 0.304. The molecule has 1 rings (SSSR count). The maximum atomic E-state index is 13.5. The lowest BCUT2D eigenvalue weighted by Gasteiger charge is -2.18. The Morgan fingerprint density at radius 1 is 1.37 bits per heavy atom. The minimum absolute atomic E-state index is 0.139. The SMILES string of the molecule is CCN(CC)CCNC(=O)c1ccc(OC)c(F)c1. The Labute approximate surface area is 113 Å². The fourth-order valence-corrected chi connectivity index (χ4v) is 1.78. The van der Waals surface area contributed by atoms with Gasteiger partial charge in [-0.05, 0) is 31.3 Å². The zero-order valence-electron chi connectivity index (χ0n) is 11.7. The number of nitrogens with zero attached hydrogens (tertiary/aromatic N) is 1. The van der Waals surface area contributed by atoms with Crippen molar-refractivity contribution in [2.24, 2.45) is 0 Å². The van der Waals surface area contributed by atoms with E-state index in [1.54, 1.807) is 6.07 Å². The van der Waals surface area contributed by atoms with Crippen molar-refractivity contribution in [2.45, 2.75) is 13.8 Å². The van der Waals surface area contributed by atoms with Crippen LogP contribution in [0.1, 0.15) is 24.2 Å². The maximum absolute atomic E-state index is 13.5. The molecule has 0 heterocycles. The highest BCUT2D eigenvalue weighted by Gasteiger charge is 2.09. The van der Waals surface area contributed by atoms with Gasteiger partial charge in [-0.3, -0.25) is 4.79 Å². The van der Waals surface area contributed by atoms with E-state index in [4.69, 9.17) is 4.74 Å². The van der Waals surface area contributed by atoms with E-state index in [-0.39, 0.29) is 11.7 Å². The second kappa shape index (κ2) is 7.74. The van der Waals surface area contributed by atoms with E-state index in [2.05, 4.69) is 24.1 Å². The van der Waals surface area contributed by atoms with Crippen LogP contribution < -0.4 is 10.1 Å². The van der Waals surface area contributed by atoms with Gasteiger partial charge in [0.25, 0.3) is 5.91 Å². The highest BCUT2D eigenvalue weighted by Crippen LogP contribution is 2.17. The number of rotatable bonds is 7. The average Bonchev–Trinajstić information content (AvgIpc) is 2.43. The summed E-state index contributed by atoms with van der Waals surface area (Å²) in [7, 11) is 1.39. The molecule has 106 valence electrons. The summed E-state index contributed by atoms with van der Waals surface area (Å²) < 4.78 is 18.3. The summed E-state index contributed by atoms with van der Waals surface area (Å²) >= 11 is 0. The number of carbonyl (C=O) groups is 1. The van der Waals surface area contributed by atoms with E-state index in [0.29, 0.717) is 12.1 Å². The number of benzene rings is 1. The quantitative estimate of drug-likeness (QED) is 0.821. The topological polar surface area (TPSA) is 41.6 Å². The molecular weight excluding hydrogens is 247 g/mol. The van der Waals surface area contributed by atoms with Gasteiger partial charge < -0.3 is 15.0 Å². The van der Waals surface area contributed by atoms with Gasteiger partial charge in [0.15, 0.2) is 11.6 Å². The van der Waals surface area contributed by atoms with Gasteiger partial charge in [0.05, 0.1) is 7.11 Å². The molecular formula is C14H21FN2O2. The molecule has 0 aliphatic rings. The molecule has 0 unspecified atom stereocenters. The fraction of sp³-hybridized carbons (Fsp3) is 0.500. The first-order chi connectivity index (χ1) is 9.12. The summed E-state index contributed by atoms with van der Waals surface area (Å²) in [5, 5.41) is 2.77. The average molecular weight is 268 g/mol. The van der Waals surface area contributed by atoms with Crippen LogP contribution in [0.2, 0.25) is 0 Å². The standard InChI is InChI=1S/C14H21FN2O2/c1-4-17(5-2)9-8-16-14(18)11-6-7-13(19-3)12(15)10-11/h6-7,10H,4-5,8-9H2,1-3H3,(H,16,18). The lowest BCUT2D eigenvalue weighted by atomic mass is 10.2. The number of likely N-dealkylation sites (N-methyl/N-ethyl adjacent to an activating group) is 1. The first-order valence-corrected chi connectivity index (χ1v) is 6.46. The van der Waals surface area contributed by atoms with Crippen molar-refractivity contribution in [2.75, 3.05) is 33.3 Å². The first-order valence-electron chi connectivity index (χ1n) is 6.46. The van der Waals surface area contributed by atoms with E-state index < -0.39 is 5.82 Å². The Morgan fingerprint density at radius 3 is 2.58 bits per heavy atom. The monoisotopic (exact) mass is 268 g/mol. The summed E-state index contributed by atoms with van der Waals surface area (Å²) in [5.74, 6) is -0.660. The van der Waals surface area contributed by atoms with Crippen LogP contribution in [0.25, 0.3) is 0 Å². The second-order valence-electron chi connectivity index (χ2n) is 4.13. The second-order valence-corrected chi connectivity index (χ2v) is 4.13. The fourth-order valence-electron chi connectivity index (χ4n) is 1.78. The molecule has 0 aliphatic carbocycles. The largest absolute Gasteiger partial charge is 0.494 e. The summed E-state index contributed by atoms with van der Waals surface area (Å²) in [4.78, 5) is 14.0. The van der Waals surface area contributed by atoms with E-state index in [0.717, 1.165) is 19.6 Å². The molecule has 0 fully saturated rings. The Bertz CT molecular complexity index is 420. The van der Waals surface area contributed by atoms with Gasteiger partial charge in [0, 0.05) is 18.7 Å². The lowest BCUT2D eigenvalue weighted by Crippen LogP contribution is -2.34. The predicted octanol–water partition coefficient (Wildman–Crippen LogP) is 1.91. The van der Waals surface area contributed by atoms with Crippen molar-refractivity contribution < 1.29 is 13.9 Å². The zero-order valence-corrected chi connectivity index (χ0v) is 11.7. The smallest absolute Gasteiger partial charge is 0.251 e. The number of hydrogen-bond acceptors (Lipinski definition) is 3. The number of carbonyl (C=O) groups excluding carboxylic acids is 1. The molecule has 1 aromatic carbocycles. The van der Waals surface area contributed by atoms with Crippen LogP contribution in [0.4, 0.5) is 4.39 Å². The molecule has 0 spiro atoms. The van der Waals surface area contributed by atoms with Gasteiger partial charge in [0.1, 0.15) is 0 Å². The molecule has 5 heteroatoms. The van der Waals surface area contributed by atoms with Crippen LogP contribution in [-0.4, -0.2) is 44.1 Å². The van der Waals surface area contributed by atoms with Gasteiger partial charge in [-0.15, -0.1) is 0 Å². The van der Waals surface area contributed by atoms with Crippen molar-refractivity contribution in [3.8, 4) is 5.75 Å². The van der Waals surface area contributed by atoms with Gasteiger partial charge in [-0.1, -0.05) is 13.8 Å². The van der Waals surface area contributed by atoms with Crippen molar-refractivity contribution in [3.05, 3.63) is 29.6 Å². The van der Waals surface area contributed by atoms with Crippen molar-refractivity contribution in [3.63, 3.8) is 0 Å². The van der Waals surface area contributed by atoms with Crippen molar-refractivity contribution in [1.82, 2.24) is 10.2 Å². The summed E-state index contributed by atoms with van der Waals surface area (Å²) in [6.45, 7) is 7.38. The summed E-state index contributed by atoms with van der Waals surface area (Å²) in [6, 6.07) is 4.19. The molecule has 0 atom stereocenters. The van der Waals surface area contributed by atoms with Crippen LogP contribution in [0.15, 0.2) is 18.2 Å². The number of nitrogens with one attached hydrogen (secondary N) is 1. The molecule has 1 N–H and O–H groups in total. The van der Waals surface area contributed by atoms with Crippen LogP contribution >= 0.6 is 0 Å². The third-order valence-electron chi connectivity index (χ3n) is 3.02.